The zero-order chi connectivity index (χ0) is 13.9. The van der Waals surface area contributed by atoms with E-state index in [-0.39, 0.29) is 0 Å². The van der Waals surface area contributed by atoms with Crippen molar-refractivity contribution < 1.29 is 4.74 Å². The minimum Gasteiger partial charge on any atom is -0.496 e. The lowest BCUT2D eigenvalue weighted by molar-refractivity contribution is 0.416. The van der Waals surface area contributed by atoms with Crippen molar-refractivity contribution in [2.75, 3.05) is 25.5 Å². The van der Waals surface area contributed by atoms with E-state index in [9.17, 15) is 0 Å². The van der Waals surface area contributed by atoms with Crippen LogP contribution < -0.4 is 15.8 Å². The molecular formula is C17H20N2O. The van der Waals surface area contributed by atoms with Crippen molar-refractivity contribution in [3.8, 4) is 16.9 Å². The zero-order valence-corrected chi connectivity index (χ0v) is 11.8. The number of anilines is 1. The molecule has 0 saturated carbocycles. The van der Waals surface area contributed by atoms with Gasteiger partial charge in [-0.15, -0.1) is 0 Å². The van der Waals surface area contributed by atoms with Crippen molar-refractivity contribution in [1.29, 1.82) is 0 Å². The van der Waals surface area contributed by atoms with Crippen LogP contribution in [0.15, 0.2) is 36.4 Å². The number of fused-ring (bicyclic) bond motifs is 1. The molecule has 0 unspecified atom stereocenters. The zero-order valence-electron chi connectivity index (χ0n) is 11.8. The summed E-state index contributed by atoms with van der Waals surface area (Å²) >= 11 is 0. The lowest BCUT2D eigenvalue weighted by Gasteiger charge is -2.12. The molecule has 1 heterocycles. The van der Waals surface area contributed by atoms with Crippen molar-refractivity contribution >= 4 is 5.69 Å². The fourth-order valence-electron chi connectivity index (χ4n) is 2.78. The molecule has 3 N–H and O–H groups in total. The van der Waals surface area contributed by atoms with Gasteiger partial charge in [-0.1, -0.05) is 12.1 Å². The predicted molar refractivity (Wildman–Crippen MR) is 83.4 cm³/mol. The normalized spacial score (nSPS) is 12.9. The van der Waals surface area contributed by atoms with Crippen molar-refractivity contribution in [3.05, 3.63) is 47.5 Å². The Bertz CT molecular complexity index is 622. The minimum atomic E-state index is 0.667. The maximum absolute atomic E-state index is 5.65. The molecule has 0 fully saturated rings. The first-order chi connectivity index (χ1) is 9.81. The molecule has 3 nitrogen and oxygen atoms in total. The summed E-state index contributed by atoms with van der Waals surface area (Å²) in [6, 6.07) is 12.9. The highest BCUT2D eigenvalue weighted by molar-refractivity contribution is 5.75. The van der Waals surface area contributed by atoms with Crippen LogP contribution in [0.1, 0.15) is 11.1 Å². The summed E-state index contributed by atoms with van der Waals surface area (Å²) in [7, 11) is 1.72. The molecule has 0 radical (unpaired) electrons. The number of rotatable bonds is 4. The van der Waals surface area contributed by atoms with Gasteiger partial charge in [-0.05, 0) is 60.3 Å². The number of benzene rings is 2. The Morgan fingerprint density at radius 2 is 2.10 bits per heavy atom. The third-order valence-corrected chi connectivity index (χ3v) is 3.82. The molecule has 0 aliphatic carbocycles. The average molecular weight is 268 g/mol. The number of hydrogen-bond donors (Lipinski definition) is 2. The second-order valence-corrected chi connectivity index (χ2v) is 5.12. The van der Waals surface area contributed by atoms with Gasteiger partial charge in [0.15, 0.2) is 0 Å². The first kappa shape index (κ1) is 13.0. The Kier molecular flexibility index (Phi) is 3.61. The second-order valence-electron chi connectivity index (χ2n) is 5.12. The molecule has 0 spiro atoms. The largest absolute Gasteiger partial charge is 0.496 e. The fourth-order valence-corrected chi connectivity index (χ4v) is 2.78. The molecule has 3 heteroatoms. The van der Waals surface area contributed by atoms with Gasteiger partial charge in [0.1, 0.15) is 5.75 Å². The van der Waals surface area contributed by atoms with Gasteiger partial charge in [0.2, 0.25) is 0 Å². The maximum Gasteiger partial charge on any atom is 0.126 e. The van der Waals surface area contributed by atoms with E-state index in [4.69, 9.17) is 10.5 Å². The number of methoxy groups -OCH3 is 1. The first-order valence-electron chi connectivity index (χ1n) is 7.06. The van der Waals surface area contributed by atoms with Gasteiger partial charge in [0.25, 0.3) is 0 Å². The van der Waals surface area contributed by atoms with E-state index >= 15 is 0 Å². The SMILES string of the molecule is COc1ccc(CCN)cc1-c1ccc2c(c1)CCN2. The van der Waals surface area contributed by atoms with E-state index in [1.165, 1.54) is 22.4 Å². The summed E-state index contributed by atoms with van der Waals surface area (Å²) in [5, 5.41) is 3.39. The number of ether oxygens (including phenoxy) is 1. The van der Waals surface area contributed by atoms with Gasteiger partial charge in [-0.2, -0.15) is 0 Å². The number of nitrogens with one attached hydrogen (secondary N) is 1. The van der Waals surface area contributed by atoms with Crippen LogP contribution in [-0.2, 0) is 12.8 Å². The lowest BCUT2D eigenvalue weighted by Crippen LogP contribution is -2.03. The summed E-state index contributed by atoms with van der Waals surface area (Å²) in [6.07, 6.45) is 1.98. The van der Waals surface area contributed by atoms with Gasteiger partial charge in [-0.3, -0.25) is 0 Å². The van der Waals surface area contributed by atoms with E-state index in [1.807, 2.05) is 6.07 Å². The van der Waals surface area contributed by atoms with E-state index in [1.54, 1.807) is 7.11 Å². The van der Waals surface area contributed by atoms with Crippen LogP contribution in [0, 0.1) is 0 Å². The molecule has 3 rings (SSSR count). The molecule has 0 atom stereocenters. The molecule has 20 heavy (non-hydrogen) atoms. The number of nitrogens with two attached hydrogens (primary N) is 1. The molecule has 1 aliphatic heterocycles. The van der Waals surface area contributed by atoms with E-state index < -0.39 is 0 Å². The molecule has 0 amide bonds. The molecule has 104 valence electrons. The number of hydrogen-bond acceptors (Lipinski definition) is 3. The lowest BCUT2D eigenvalue weighted by atomic mass is 9.98. The summed E-state index contributed by atoms with van der Waals surface area (Å²) in [5.41, 5.74) is 11.9. The van der Waals surface area contributed by atoms with Gasteiger partial charge in [0.05, 0.1) is 7.11 Å². The first-order valence-corrected chi connectivity index (χ1v) is 7.06. The molecular weight excluding hydrogens is 248 g/mol. The van der Waals surface area contributed by atoms with Crippen LogP contribution in [0.5, 0.6) is 5.75 Å². The van der Waals surface area contributed by atoms with Gasteiger partial charge >= 0.3 is 0 Å². The predicted octanol–water partition coefficient (Wildman–Crippen LogP) is 2.83. The van der Waals surface area contributed by atoms with Gasteiger partial charge < -0.3 is 15.8 Å². The van der Waals surface area contributed by atoms with Gasteiger partial charge in [-0.25, -0.2) is 0 Å². The van der Waals surface area contributed by atoms with Crippen LogP contribution >= 0.6 is 0 Å². The molecule has 0 aromatic heterocycles. The van der Waals surface area contributed by atoms with Gasteiger partial charge in [0, 0.05) is 17.8 Å². The van der Waals surface area contributed by atoms with Crippen molar-refractivity contribution in [3.63, 3.8) is 0 Å². The fraction of sp³-hybridized carbons (Fsp3) is 0.294. The topological polar surface area (TPSA) is 47.3 Å². The third-order valence-electron chi connectivity index (χ3n) is 3.82. The molecule has 0 saturated heterocycles. The Morgan fingerprint density at radius 3 is 2.90 bits per heavy atom. The quantitative estimate of drug-likeness (QED) is 0.896. The Morgan fingerprint density at radius 1 is 1.20 bits per heavy atom. The van der Waals surface area contributed by atoms with Crippen LogP contribution in [0.3, 0.4) is 0 Å². The third kappa shape index (κ3) is 2.37. The summed E-state index contributed by atoms with van der Waals surface area (Å²) in [6.45, 7) is 1.70. The van der Waals surface area contributed by atoms with Crippen molar-refractivity contribution in [1.82, 2.24) is 0 Å². The van der Waals surface area contributed by atoms with Crippen molar-refractivity contribution in [2.24, 2.45) is 5.73 Å². The second kappa shape index (κ2) is 5.55. The smallest absolute Gasteiger partial charge is 0.126 e. The highest BCUT2D eigenvalue weighted by Gasteiger charge is 2.13. The Hall–Kier alpha value is -2.00. The summed E-state index contributed by atoms with van der Waals surface area (Å²) in [4.78, 5) is 0. The Balaban J connectivity index is 2.05. The standard InChI is InChI=1S/C17H20N2O/c1-20-17-5-2-12(6-8-18)10-15(17)13-3-4-16-14(11-13)7-9-19-16/h2-5,10-11,19H,6-9,18H2,1H3. The van der Waals surface area contributed by atoms with Crippen LogP contribution in [-0.4, -0.2) is 20.2 Å². The molecule has 2 aromatic rings. The summed E-state index contributed by atoms with van der Waals surface area (Å²) in [5.74, 6) is 0.914. The Labute approximate surface area is 119 Å². The molecule has 2 aromatic carbocycles. The molecule has 1 aliphatic rings. The van der Waals surface area contributed by atoms with Crippen LogP contribution in [0.4, 0.5) is 5.69 Å². The average Bonchev–Trinajstić information content (AvgIpc) is 2.95. The molecule has 0 bridgehead atoms. The van der Waals surface area contributed by atoms with Crippen LogP contribution in [0.2, 0.25) is 0 Å². The van der Waals surface area contributed by atoms with Crippen LogP contribution in [0.25, 0.3) is 11.1 Å². The van der Waals surface area contributed by atoms with E-state index in [2.05, 4.69) is 35.6 Å². The van der Waals surface area contributed by atoms with E-state index in [0.29, 0.717) is 6.54 Å². The highest BCUT2D eigenvalue weighted by Crippen LogP contribution is 2.34. The summed E-state index contributed by atoms with van der Waals surface area (Å²) < 4.78 is 5.51. The minimum absolute atomic E-state index is 0.667. The van der Waals surface area contributed by atoms with Crippen molar-refractivity contribution in [2.45, 2.75) is 12.8 Å². The van der Waals surface area contributed by atoms with E-state index in [0.717, 1.165) is 30.7 Å². The monoisotopic (exact) mass is 268 g/mol. The highest BCUT2D eigenvalue weighted by atomic mass is 16.5. The maximum atomic E-state index is 5.65.